The maximum absolute atomic E-state index is 12.7. The van der Waals surface area contributed by atoms with Crippen molar-refractivity contribution in [2.24, 2.45) is 5.92 Å². The van der Waals surface area contributed by atoms with Gasteiger partial charge >= 0.3 is 0 Å². The van der Waals surface area contributed by atoms with Crippen molar-refractivity contribution in [1.82, 2.24) is 4.90 Å². The molecule has 0 aromatic heterocycles. The summed E-state index contributed by atoms with van der Waals surface area (Å²) in [4.78, 5) is 26.5. The second kappa shape index (κ2) is 5.41. The molecule has 0 aliphatic carbocycles. The van der Waals surface area contributed by atoms with E-state index in [0.717, 1.165) is 36.3 Å². The summed E-state index contributed by atoms with van der Waals surface area (Å²) in [5.74, 6) is 0.731. The van der Waals surface area contributed by atoms with Gasteiger partial charge in [0.25, 0.3) is 5.91 Å². The molecule has 1 fully saturated rings. The largest absolute Gasteiger partial charge is 0.338 e. The number of likely N-dealkylation sites (tertiary alicyclic amines) is 1. The summed E-state index contributed by atoms with van der Waals surface area (Å²) in [6.45, 7) is 8.00. The van der Waals surface area contributed by atoms with Gasteiger partial charge in [0, 0.05) is 36.2 Å². The third-order valence-electron chi connectivity index (χ3n) is 4.82. The third kappa shape index (κ3) is 2.74. The summed E-state index contributed by atoms with van der Waals surface area (Å²) < 4.78 is 0. The summed E-state index contributed by atoms with van der Waals surface area (Å²) in [6, 6.07) is 5.67. The molecule has 4 heteroatoms. The van der Waals surface area contributed by atoms with Crippen LogP contribution in [0.4, 0.5) is 5.69 Å². The molecular formula is C18H24N2O2. The Kier molecular flexibility index (Phi) is 3.71. The van der Waals surface area contributed by atoms with Gasteiger partial charge < -0.3 is 10.2 Å². The summed E-state index contributed by atoms with van der Waals surface area (Å²) in [7, 11) is 0. The zero-order valence-electron chi connectivity index (χ0n) is 13.6. The molecule has 22 heavy (non-hydrogen) atoms. The smallest absolute Gasteiger partial charge is 0.253 e. The lowest BCUT2D eigenvalue weighted by Crippen LogP contribution is -2.39. The molecular weight excluding hydrogens is 276 g/mol. The van der Waals surface area contributed by atoms with Gasteiger partial charge in [0.05, 0.1) is 0 Å². The lowest BCUT2D eigenvalue weighted by Gasteiger charge is -2.34. The van der Waals surface area contributed by atoms with E-state index in [0.29, 0.717) is 12.3 Å². The number of carbonyl (C=O) groups excluding carboxylic acids is 2. The van der Waals surface area contributed by atoms with E-state index in [2.05, 4.69) is 26.1 Å². The fourth-order valence-electron chi connectivity index (χ4n) is 3.59. The van der Waals surface area contributed by atoms with Gasteiger partial charge in [-0.3, -0.25) is 9.59 Å². The Hall–Kier alpha value is -1.84. The molecule has 0 saturated carbocycles. The van der Waals surface area contributed by atoms with E-state index in [1.54, 1.807) is 0 Å². The van der Waals surface area contributed by atoms with Crippen LogP contribution in [-0.4, -0.2) is 29.8 Å². The van der Waals surface area contributed by atoms with Crippen LogP contribution in [0.3, 0.4) is 0 Å². The van der Waals surface area contributed by atoms with Crippen molar-refractivity contribution in [2.75, 3.05) is 18.4 Å². The minimum Gasteiger partial charge on any atom is -0.338 e. The Bertz CT molecular complexity index is 622. The normalized spacial score (nSPS) is 23.7. The van der Waals surface area contributed by atoms with E-state index >= 15 is 0 Å². The molecule has 1 aromatic rings. The lowest BCUT2D eigenvalue weighted by atomic mass is 9.77. The molecule has 2 amide bonds. The predicted octanol–water partition coefficient (Wildman–Crippen LogP) is 3.18. The quantitative estimate of drug-likeness (QED) is 0.866. The number of hydrogen-bond acceptors (Lipinski definition) is 2. The molecule has 4 nitrogen and oxygen atoms in total. The van der Waals surface area contributed by atoms with Crippen LogP contribution < -0.4 is 5.32 Å². The van der Waals surface area contributed by atoms with Gasteiger partial charge in [-0.15, -0.1) is 0 Å². The number of anilines is 1. The number of piperidine rings is 1. The average molecular weight is 300 g/mol. The number of benzene rings is 1. The number of carbonyl (C=O) groups is 2. The minimum atomic E-state index is -0.233. The van der Waals surface area contributed by atoms with Crippen LogP contribution >= 0.6 is 0 Å². The van der Waals surface area contributed by atoms with E-state index in [1.165, 1.54) is 6.42 Å². The molecule has 2 aliphatic heterocycles. The second-order valence-corrected chi connectivity index (χ2v) is 7.37. The number of nitrogens with one attached hydrogen (secondary N) is 1. The monoisotopic (exact) mass is 300 g/mol. The Morgan fingerprint density at radius 3 is 2.86 bits per heavy atom. The SMILES string of the molecule is C[C@H]1CCCN(C(=O)c2ccc3c(c2)C(C)(C)CC(=O)N3)C1. The van der Waals surface area contributed by atoms with Crippen molar-refractivity contribution >= 4 is 17.5 Å². The number of fused-ring (bicyclic) bond motifs is 1. The molecule has 118 valence electrons. The zero-order valence-corrected chi connectivity index (χ0v) is 13.6. The first-order valence-corrected chi connectivity index (χ1v) is 8.10. The highest BCUT2D eigenvalue weighted by molar-refractivity contribution is 5.99. The zero-order chi connectivity index (χ0) is 15.9. The Balaban J connectivity index is 1.90. The van der Waals surface area contributed by atoms with Crippen LogP contribution in [0.15, 0.2) is 18.2 Å². The highest BCUT2D eigenvalue weighted by Gasteiger charge is 2.33. The van der Waals surface area contributed by atoms with Gasteiger partial charge in [0.2, 0.25) is 5.91 Å². The van der Waals surface area contributed by atoms with Crippen LogP contribution in [-0.2, 0) is 10.2 Å². The van der Waals surface area contributed by atoms with Gasteiger partial charge in [0.15, 0.2) is 0 Å². The highest BCUT2D eigenvalue weighted by atomic mass is 16.2. The molecule has 1 aromatic carbocycles. The average Bonchev–Trinajstić information content (AvgIpc) is 2.45. The Morgan fingerprint density at radius 1 is 1.36 bits per heavy atom. The fraction of sp³-hybridized carbons (Fsp3) is 0.556. The number of amides is 2. The first-order valence-electron chi connectivity index (χ1n) is 8.10. The second-order valence-electron chi connectivity index (χ2n) is 7.37. The van der Waals surface area contributed by atoms with Crippen molar-refractivity contribution in [3.05, 3.63) is 29.3 Å². The van der Waals surface area contributed by atoms with Crippen molar-refractivity contribution in [1.29, 1.82) is 0 Å². The van der Waals surface area contributed by atoms with Gasteiger partial charge in [-0.1, -0.05) is 20.8 Å². The van der Waals surface area contributed by atoms with Gasteiger partial charge in [-0.25, -0.2) is 0 Å². The summed E-state index contributed by atoms with van der Waals surface area (Å²) in [5, 5.41) is 2.90. The van der Waals surface area contributed by atoms with Crippen LogP contribution in [0.5, 0.6) is 0 Å². The number of rotatable bonds is 1. The van der Waals surface area contributed by atoms with E-state index < -0.39 is 0 Å². The maximum atomic E-state index is 12.7. The van der Waals surface area contributed by atoms with Crippen LogP contribution in [0, 0.1) is 5.92 Å². The fourth-order valence-corrected chi connectivity index (χ4v) is 3.59. The van der Waals surface area contributed by atoms with Crippen molar-refractivity contribution in [3.8, 4) is 0 Å². The maximum Gasteiger partial charge on any atom is 0.253 e. The van der Waals surface area contributed by atoms with E-state index in [4.69, 9.17) is 0 Å². The summed E-state index contributed by atoms with van der Waals surface area (Å²) >= 11 is 0. The standard InChI is InChI=1S/C18H24N2O2/c1-12-5-4-8-20(11-12)17(22)13-6-7-15-14(9-13)18(2,3)10-16(21)19-15/h6-7,9,12H,4-5,8,10-11H2,1-3H3,(H,19,21)/t12-/m0/s1. The molecule has 1 N–H and O–H groups in total. The minimum absolute atomic E-state index is 0.0430. The van der Waals surface area contributed by atoms with Crippen molar-refractivity contribution in [3.63, 3.8) is 0 Å². The van der Waals surface area contributed by atoms with E-state index in [9.17, 15) is 9.59 Å². The Labute approximate surface area is 131 Å². The van der Waals surface area contributed by atoms with Crippen LogP contribution in [0.1, 0.15) is 56.0 Å². The van der Waals surface area contributed by atoms with Crippen molar-refractivity contribution < 1.29 is 9.59 Å². The molecule has 1 saturated heterocycles. The Morgan fingerprint density at radius 2 is 2.14 bits per heavy atom. The molecule has 2 aliphatic rings. The van der Waals surface area contributed by atoms with Crippen molar-refractivity contribution in [2.45, 2.75) is 45.4 Å². The lowest BCUT2D eigenvalue weighted by molar-refractivity contribution is -0.117. The van der Waals surface area contributed by atoms with Gasteiger partial charge in [0.1, 0.15) is 0 Å². The topological polar surface area (TPSA) is 49.4 Å². The number of hydrogen-bond donors (Lipinski definition) is 1. The summed E-state index contributed by atoms with van der Waals surface area (Å²) in [6.07, 6.45) is 2.74. The molecule has 1 atom stereocenters. The third-order valence-corrected chi connectivity index (χ3v) is 4.82. The van der Waals surface area contributed by atoms with Crippen LogP contribution in [0.2, 0.25) is 0 Å². The van der Waals surface area contributed by atoms with E-state index in [-0.39, 0.29) is 17.2 Å². The molecule has 0 spiro atoms. The summed E-state index contributed by atoms with van der Waals surface area (Å²) in [5.41, 5.74) is 2.40. The predicted molar refractivity (Wildman–Crippen MR) is 87.0 cm³/mol. The molecule has 0 bridgehead atoms. The van der Waals surface area contributed by atoms with Gasteiger partial charge in [-0.05, 0) is 42.5 Å². The van der Waals surface area contributed by atoms with Crippen LogP contribution in [0.25, 0.3) is 0 Å². The molecule has 3 rings (SSSR count). The van der Waals surface area contributed by atoms with Gasteiger partial charge in [-0.2, -0.15) is 0 Å². The molecule has 2 heterocycles. The molecule has 0 radical (unpaired) electrons. The number of nitrogens with zero attached hydrogens (tertiary/aromatic N) is 1. The molecule has 0 unspecified atom stereocenters. The van der Waals surface area contributed by atoms with E-state index in [1.807, 2.05) is 23.1 Å². The first kappa shape index (κ1) is 15.1. The first-order chi connectivity index (χ1) is 10.4. The highest BCUT2D eigenvalue weighted by Crippen LogP contribution is 2.37.